The summed E-state index contributed by atoms with van der Waals surface area (Å²) in [5, 5.41) is 3.28. The fraction of sp³-hybridized carbons (Fsp3) is 0.562. The summed E-state index contributed by atoms with van der Waals surface area (Å²) in [4.78, 5) is 11.6. The summed E-state index contributed by atoms with van der Waals surface area (Å²) in [5.74, 6) is 0.944. The van der Waals surface area contributed by atoms with Crippen molar-refractivity contribution < 1.29 is 9.53 Å². The molecule has 1 N–H and O–H groups in total. The van der Waals surface area contributed by atoms with Gasteiger partial charge in [0.15, 0.2) is 5.78 Å². The molecule has 0 bridgehead atoms. The molecule has 3 heteroatoms. The summed E-state index contributed by atoms with van der Waals surface area (Å²) in [6.07, 6.45) is 5.70. The largest absolute Gasteiger partial charge is 0.489 e. The molecule has 1 atom stereocenters. The highest BCUT2D eigenvalue weighted by molar-refractivity contribution is 5.99. The van der Waals surface area contributed by atoms with E-state index in [0.29, 0.717) is 6.42 Å². The molecule has 2 aliphatic rings. The molecule has 0 saturated carbocycles. The number of nitrogens with one attached hydrogen (secondary N) is 1. The lowest BCUT2D eigenvalue weighted by molar-refractivity contribution is 0.0845. The highest BCUT2D eigenvalue weighted by Gasteiger charge is 2.24. The van der Waals surface area contributed by atoms with E-state index in [-0.39, 0.29) is 11.9 Å². The smallest absolute Gasteiger partial charge is 0.170 e. The van der Waals surface area contributed by atoms with Crippen molar-refractivity contribution in [1.82, 2.24) is 5.32 Å². The van der Waals surface area contributed by atoms with Crippen LogP contribution in [0.2, 0.25) is 0 Å². The molecule has 1 saturated heterocycles. The number of hydrogen-bond acceptors (Lipinski definition) is 3. The van der Waals surface area contributed by atoms with Crippen molar-refractivity contribution in [2.45, 2.75) is 45.1 Å². The van der Waals surface area contributed by atoms with Gasteiger partial charge >= 0.3 is 0 Å². The van der Waals surface area contributed by atoms with E-state index >= 15 is 0 Å². The number of piperidine rings is 1. The van der Waals surface area contributed by atoms with Gasteiger partial charge < -0.3 is 10.1 Å². The lowest BCUT2D eigenvalue weighted by Crippen LogP contribution is -2.25. The van der Waals surface area contributed by atoms with E-state index in [1.54, 1.807) is 0 Å². The summed E-state index contributed by atoms with van der Waals surface area (Å²) >= 11 is 0. The number of ether oxygens (including phenoxy) is 1. The summed E-state index contributed by atoms with van der Waals surface area (Å²) in [6, 6.07) is 7.44. The second-order valence-electron chi connectivity index (χ2n) is 5.08. The van der Waals surface area contributed by atoms with Gasteiger partial charge in [-0.05, 0) is 44.5 Å². The first-order chi connectivity index (χ1) is 9.31. The molecule has 3 rings (SSSR count). The predicted molar refractivity (Wildman–Crippen MR) is 76.8 cm³/mol. The predicted octanol–water partition coefficient (Wildman–Crippen LogP) is 3.19. The third-order valence-corrected chi connectivity index (χ3v) is 3.56. The van der Waals surface area contributed by atoms with Gasteiger partial charge in [-0.2, -0.15) is 0 Å². The first-order valence-corrected chi connectivity index (χ1v) is 7.31. The van der Waals surface area contributed by atoms with Gasteiger partial charge in [0, 0.05) is 6.42 Å². The number of benzene rings is 1. The molecule has 0 radical (unpaired) electrons. The molecule has 0 aliphatic carbocycles. The van der Waals surface area contributed by atoms with Crippen molar-refractivity contribution in [1.29, 1.82) is 0 Å². The first kappa shape index (κ1) is 14.1. The molecule has 1 unspecified atom stereocenters. The number of ketones is 1. The number of Topliss-reactive ketones (excluding diaryl/α,β-unsaturated/α-hetero) is 1. The van der Waals surface area contributed by atoms with Crippen LogP contribution in [-0.2, 0) is 0 Å². The van der Waals surface area contributed by atoms with Crippen LogP contribution in [0, 0.1) is 0 Å². The molecule has 104 valence electrons. The van der Waals surface area contributed by atoms with Crippen LogP contribution in [-0.4, -0.2) is 25.0 Å². The maximum atomic E-state index is 11.6. The Balaban J connectivity index is 0.000000186. The third kappa shape index (κ3) is 4.06. The van der Waals surface area contributed by atoms with E-state index in [0.717, 1.165) is 17.7 Å². The average Bonchev–Trinajstić information content (AvgIpc) is 2.49. The highest BCUT2D eigenvalue weighted by Crippen LogP contribution is 2.27. The molecule has 3 nitrogen and oxygen atoms in total. The monoisotopic (exact) mass is 261 g/mol. The number of hydrogen-bond donors (Lipinski definition) is 1. The van der Waals surface area contributed by atoms with Crippen molar-refractivity contribution in [2.24, 2.45) is 0 Å². The van der Waals surface area contributed by atoms with Crippen LogP contribution >= 0.6 is 0 Å². The molecule has 1 aromatic rings. The Labute approximate surface area is 115 Å². The van der Waals surface area contributed by atoms with Crippen molar-refractivity contribution in [3.8, 4) is 5.75 Å². The Morgan fingerprint density at radius 1 is 1.21 bits per heavy atom. The van der Waals surface area contributed by atoms with Crippen LogP contribution in [0.4, 0.5) is 0 Å². The maximum absolute atomic E-state index is 11.6. The quantitative estimate of drug-likeness (QED) is 0.843. The molecule has 2 aliphatic heterocycles. The number of carbonyl (C=O) groups is 1. The van der Waals surface area contributed by atoms with Crippen molar-refractivity contribution >= 4 is 5.78 Å². The maximum Gasteiger partial charge on any atom is 0.170 e. The first-order valence-electron chi connectivity index (χ1n) is 7.31. The summed E-state index contributed by atoms with van der Waals surface area (Å²) in [5.41, 5.74) is 0.729. The molecule has 0 aromatic heterocycles. The number of carbonyl (C=O) groups excluding carboxylic acids is 1. The lowest BCUT2D eigenvalue weighted by atomic mass is 10.00. The van der Waals surface area contributed by atoms with Crippen LogP contribution in [0.25, 0.3) is 0 Å². The number of para-hydroxylation sites is 1. The average molecular weight is 261 g/mol. The summed E-state index contributed by atoms with van der Waals surface area (Å²) in [7, 11) is 0. The molecular weight excluding hydrogens is 238 g/mol. The summed E-state index contributed by atoms with van der Waals surface area (Å²) < 4.78 is 5.63. The van der Waals surface area contributed by atoms with E-state index in [4.69, 9.17) is 4.74 Å². The van der Waals surface area contributed by atoms with Gasteiger partial charge in [0.2, 0.25) is 0 Å². The van der Waals surface area contributed by atoms with Gasteiger partial charge in [-0.25, -0.2) is 0 Å². The van der Waals surface area contributed by atoms with Gasteiger partial charge in [0.05, 0.1) is 5.56 Å². The van der Waals surface area contributed by atoms with E-state index in [1.165, 1.54) is 32.4 Å². The van der Waals surface area contributed by atoms with E-state index < -0.39 is 0 Å². The minimum absolute atomic E-state index is 0.0717. The van der Waals surface area contributed by atoms with E-state index in [9.17, 15) is 4.79 Å². The molecule has 0 spiro atoms. The van der Waals surface area contributed by atoms with Gasteiger partial charge in [0.25, 0.3) is 0 Å². The second-order valence-corrected chi connectivity index (χ2v) is 5.08. The second kappa shape index (κ2) is 7.29. The van der Waals surface area contributed by atoms with Crippen LogP contribution in [0.1, 0.15) is 49.4 Å². The Morgan fingerprint density at radius 2 is 1.95 bits per heavy atom. The lowest BCUT2D eigenvalue weighted by Gasteiger charge is -2.23. The zero-order valence-corrected chi connectivity index (χ0v) is 11.7. The van der Waals surface area contributed by atoms with Crippen molar-refractivity contribution in [3.05, 3.63) is 29.8 Å². The normalized spacial score (nSPS) is 21.7. The molecule has 2 heterocycles. The zero-order valence-electron chi connectivity index (χ0n) is 11.7. The van der Waals surface area contributed by atoms with Gasteiger partial charge in [0.1, 0.15) is 11.9 Å². The fourth-order valence-electron chi connectivity index (χ4n) is 2.37. The van der Waals surface area contributed by atoms with E-state index in [1.807, 2.05) is 31.2 Å². The third-order valence-electron chi connectivity index (χ3n) is 3.56. The molecule has 1 aromatic carbocycles. The SMILES string of the molecule is C1CCNCC1.CCC1CC(=O)c2ccccc2O1. The molecular formula is C16H23NO2. The van der Waals surface area contributed by atoms with Gasteiger partial charge in [-0.3, -0.25) is 4.79 Å². The van der Waals surface area contributed by atoms with Crippen LogP contribution in [0.3, 0.4) is 0 Å². The minimum Gasteiger partial charge on any atom is -0.489 e. The molecule has 1 fully saturated rings. The van der Waals surface area contributed by atoms with Gasteiger partial charge in [-0.15, -0.1) is 0 Å². The minimum atomic E-state index is 0.0717. The van der Waals surface area contributed by atoms with Crippen LogP contribution in [0.15, 0.2) is 24.3 Å². The standard InChI is InChI=1S/C11H12O2.C5H11N/c1-2-8-7-10(12)9-5-3-4-6-11(9)13-8;1-2-4-6-5-3-1/h3-6,8H,2,7H2,1H3;6H,1-5H2. The van der Waals surface area contributed by atoms with Crippen LogP contribution < -0.4 is 10.1 Å². The Morgan fingerprint density at radius 3 is 2.53 bits per heavy atom. The molecule has 0 amide bonds. The van der Waals surface area contributed by atoms with Gasteiger partial charge in [-0.1, -0.05) is 25.5 Å². The molecule has 19 heavy (non-hydrogen) atoms. The number of rotatable bonds is 1. The van der Waals surface area contributed by atoms with E-state index in [2.05, 4.69) is 5.32 Å². The van der Waals surface area contributed by atoms with Crippen molar-refractivity contribution in [2.75, 3.05) is 13.1 Å². The highest BCUT2D eigenvalue weighted by atomic mass is 16.5. The van der Waals surface area contributed by atoms with Crippen LogP contribution in [0.5, 0.6) is 5.75 Å². The zero-order chi connectivity index (χ0) is 13.5. The fourth-order valence-corrected chi connectivity index (χ4v) is 2.37. The van der Waals surface area contributed by atoms with Crippen molar-refractivity contribution in [3.63, 3.8) is 0 Å². The summed E-state index contributed by atoms with van der Waals surface area (Å²) in [6.45, 7) is 4.53. The Kier molecular flexibility index (Phi) is 5.40. The number of fused-ring (bicyclic) bond motifs is 1. The Hall–Kier alpha value is -1.35. The topological polar surface area (TPSA) is 38.3 Å². The Bertz CT molecular complexity index is 401.